The first-order chi connectivity index (χ1) is 17.0. The van der Waals surface area contributed by atoms with Gasteiger partial charge in [-0.1, -0.05) is 0 Å². The number of carboxylic acid groups (broad SMARTS) is 1. The Balaban J connectivity index is 1.60. The molecule has 2 aromatic heterocycles. The van der Waals surface area contributed by atoms with Crippen molar-refractivity contribution in [1.82, 2.24) is 14.9 Å². The first kappa shape index (κ1) is 25.6. The predicted octanol–water partition coefficient (Wildman–Crippen LogP) is 4.33. The van der Waals surface area contributed by atoms with Crippen molar-refractivity contribution in [2.24, 2.45) is 0 Å². The molecule has 3 aromatic rings. The minimum Gasteiger partial charge on any atom is -0.486 e. The molecule has 0 aliphatic carbocycles. The van der Waals surface area contributed by atoms with Crippen LogP contribution in [0.2, 0.25) is 0 Å². The fraction of sp³-hybridized carbons (Fsp3) is 0.417. The molecule has 2 atom stereocenters. The normalized spacial score (nSPS) is 17.9. The molecular formula is C24H27FN4O6S. The molecule has 192 valence electrons. The number of carboxylic acids is 1. The number of aliphatic hydroxyl groups is 1. The number of anilines is 2. The fourth-order valence-electron chi connectivity index (χ4n) is 4.05. The topological polar surface area (TPSA) is 134 Å². The number of benzene rings is 1. The van der Waals surface area contributed by atoms with Crippen LogP contribution in [0.3, 0.4) is 0 Å². The number of hydrogen-bond acceptors (Lipinski definition) is 9. The highest BCUT2D eigenvalue weighted by molar-refractivity contribution is 7.20. The molecular weight excluding hydrogens is 491 g/mol. The zero-order chi connectivity index (χ0) is 26.2. The van der Waals surface area contributed by atoms with E-state index < -0.39 is 35.6 Å². The number of likely N-dealkylation sites (tertiary alicyclic amines) is 1. The van der Waals surface area contributed by atoms with Crippen LogP contribution < -0.4 is 10.1 Å². The third-order valence-electron chi connectivity index (χ3n) is 5.63. The maximum absolute atomic E-state index is 14.2. The van der Waals surface area contributed by atoms with Crippen molar-refractivity contribution < 1.29 is 33.7 Å². The zero-order valence-corrected chi connectivity index (χ0v) is 21.1. The van der Waals surface area contributed by atoms with E-state index in [-0.39, 0.29) is 23.8 Å². The molecule has 0 unspecified atom stereocenters. The summed E-state index contributed by atoms with van der Waals surface area (Å²) in [7, 11) is 0. The summed E-state index contributed by atoms with van der Waals surface area (Å²) in [4.78, 5) is 34.7. The minimum atomic E-state index is -1.05. The summed E-state index contributed by atoms with van der Waals surface area (Å²) >= 11 is 1.04. The third-order valence-corrected chi connectivity index (χ3v) is 6.81. The summed E-state index contributed by atoms with van der Waals surface area (Å²) in [6.07, 6.45) is 0.562. The molecule has 1 aliphatic heterocycles. The van der Waals surface area contributed by atoms with Gasteiger partial charge in [-0.15, -0.1) is 11.3 Å². The van der Waals surface area contributed by atoms with Gasteiger partial charge in [0.1, 0.15) is 45.1 Å². The Morgan fingerprint density at radius 1 is 1.31 bits per heavy atom. The van der Waals surface area contributed by atoms with E-state index in [2.05, 4.69) is 15.3 Å². The van der Waals surface area contributed by atoms with E-state index in [1.807, 2.05) is 0 Å². The summed E-state index contributed by atoms with van der Waals surface area (Å²) in [5.41, 5.74) is 0.221. The Morgan fingerprint density at radius 2 is 2.06 bits per heavy atom. The van der Waals surface area contributed by atoms with E-state index in [1.165, 1.54) is 29.4 Å². The van der Waals surface area contributed by atoms with Crippen molar-refractivity contribution in [3.8, 4) is 5.75 Å². The largest absolute Gasteiger partial charge is 0.486 e. The number of fused-ring (bicyclic) bond motifs is 1. The number of thiophene rings is 1. The molecule has 0 bridgehead atoms. The number of ether oxygens (including phenoxy) is 2. The molecule has 12 heteroatoms. The minimum absolute atomic E-state index is 0.152. The first-order valence-corrected chi connectivity index (χ1v) is 12.1. The van der Waals surface area contributed by atoms with E-state index in [9.17, 15) is 24.2 Å². The van der Waals surface area contributed by atoms with Gasteiger partial charge in [0.25, 0.3) is 0 Å². The molecule has 3 heterocycles. The average molecular weight is 519 g/mol. The second kappa shape index (κ2) is 9.86. The molecule has 1 aliphatic rings. The number of amides is 1. The smallest absolute Gasteiger partial charge is 0.410 e. The lowest BCUT2D eigenvalue weighted by atomic mass is 10.2. The quantitative estimate of drug-likeness (QED) is 0.436. The molecule has 4 rings (SSSR count). The van der Waals surface area contributed by atoms with Gasteiger partial charge in [-0.3, -0.25) is 4.90 Å². The van der Waals surface area contributed by atoms with Crippen LogP contribution in [0.4, 0.5) is 20.7 Å². The number of aryl methyl sites for hydroxylation is 1. The number of nitrogens with zero attached hydrogens (tertiary/aromatic N) is 3. The van der Waals surface area contributed by atoms with Crippen LogP contribution in [-0.2, 0) is 4.74 Å². The molecule has 1 fully saturated rings. The van der Waals surface area contributed by atoms with Gasteiger partial charge in [-0.05, 0) is 45.4 Å². The highest BCUT2D eigenvalue weighted by atomic mass is 32.1. The van der Waals surface area contributed by atoms with Crippen molar-refractivity contribution in [1.29, 1.82) is 0 Å². The highest BCUT2D eigenvalue weighted by Gasteiger charge is 2.38. The van der Waals surface area contributed by atoms with Crippen LogP contribution in [0.1, 0.15) is 42.4 Å². The Kier molecular flexibility index (Phi) is 7.01. The highest BCUT2D eigenvalue weighted by Crippen LogP contribution is 2.37. The SMILES string of the molecule is Cc1c(C(=O)O)sc2ncnc(Nc3ccc(F)cc3O[C@H]3C[C@@H](CO)N(C(=O)OC(C)(C)C)C3)c12. The lowest BCUT2D eigenvalue weighted by Gasteiger charge is -2.27. The van der Waals surface area contributed by atoms with Crippen molar-refractivity contribution in [3.63, 3.8) is 0 Å². The van der Waals surface area contributed by atoms with Crippen molar-refractivity contribution in [3.05, 3.63) is 40.8 Å². The van der Waals surface area contributed by atoms with Gasteiger partial charge in [-0.2, -0.15) is 0 Å². The van der Waals surface area contributed by atoms with E-state index in [0.29, 0.717) is 33.7 Å². The third kappa shape index (κ3) is 5.34. The van der Waals surface area contributed by atoms with Crippen molar-refractivity contribution >= 4 is 45.1 Å². The van der Waals surface area contributed by atoms with Crippen LogP contribution in [0.25, 0.3) is 10.2 Å². The van der Waals surface area contributed by atoms with E-state index in [4.69, 9.17) is 9.47 Å². The molecule has 1 saturated heterocycles. The fourth-order valence-corrected chi connectivity index (χ4v) is 5.04. The maximum atomic E-state index is 14.2. The Hall–Kier alpha value is -3.51. The summed E-state index contributed by atoms with van der Waals surface area (Å²) < 4.78 is 25.7. The molecule has 0 saturated carbocycles. The summed E-state index contributed by atoms with van der Waals surface area (Å²) in [6, 6.07) is 3.46. The molecule has 10 nitrogen and oxygen atoms in total. The van der Waals surface area contributed by atoms with Gasteiger partial charge in [-0.25, -0.2) is 23.9 Å². The van der Waals surface area contributed by atoms with E-state index >= 15 is 0 Å². The van der Waals surface area contributed by atoms with E-state index in [1.54, 1.807) is 27.7 Å². The number of carbonyl (C=O) groups is 2. The second-order valence-corrected chi connectivity index (χ2v) is 10.5. The number of nitrogens with one attached hydrogen (secondary N) is 1. The number of aliphatic hydroxyl groups excluding tert-OH is 1. The lowest BCUT2D eigenvalue weighted by molar-refractivity contribution is 0.0165. The van der Waals surface area contributed by atoms with Crippen molar-refractivity contribution in [2.45, 2.75) is 51.9 Å². The van der Waals surface area contributed by atoms with Crippen LogP contribution in [0.5, 0.6) is 5.75 Å². The summed E-state index contributed by atoms with van der Waals surface area (Å²) in [6.45, 7) is 6.83. The van der Waals surface area contributed by atoms with Gasteiger partial charge in [0, 0.05) is 12.5 Å². The standard InChI is InChI=1S/C24H27FN4O6S/c1-12-18-20(26-11-27-21(18)36-19(12)22(31)32)28-16-6-5-13(25)7-17(16)34-15-8-14(10-30)29(9-15)23(33)35-24(2,3)4/h5-7,11,14-15,30H,8-10H2,1-4H3,(H,31,32)(H,26,27,28)/t14-,15-/m0/s1. The number of rotatable bonds is 6. The predicted molar refractivity (Wildman–Crippen MR) is 132 cm³/mol. The van der Waals surface area contributed by atoms with Crippen LogP contribution in [0.15, 0.2) is 24.5 Å². The van der Waals surface area contributed by atoms with Gasteiger partial charge in [0.2, 0.25) is 0 Å². The number of carbonyl (C=O) groups excluding carboxylic acids is 1. The summed E-state index contributed by atoms with van der Waals surface area (Å²) in [5, 5.41) is 22.9. The number of halogens is 1. The molecule has 3 N–H and O–H groups in total. The van der Waals surface area contributed by atoms with Gasteiger partial charge >= 0.3 is 12.1 Å². The summed E-state index contributed by atoms with van der Waals surface area (Å²) in [5.74, 6) is -1.04. The molecule has 0 spiro atoms. The average Bonchev–Trinajstić information content (AvgIpc) is 3.36. The lowest BCUT2D eigenvalue weighted by Crippen LogP contribution is -2.41. The molecule has 36 heavy (non-hydrogen) atoms. The Morgan fingerprint density at radius 3 is 2.72 bits per heavy atom. The zero-order valence-electron chi connectivity index (χ0n) is 20.2. The number of aromatic carboxylic acids is 1. The number of hydrogen-bond donors (Lipinski definition) is 3. The Labute approximate surface area is 210 Å². The first-order valence-electron chi connectivity index (χ1n) is 11.3. The van der Waals surface area contributed by atoms with Crippen LogP contribution in [0, 0.1) is 12.7 Å². The maximum Gasteiger partial charge on any atom is 0.410 e. The monoisotopic (exact) mass is 518 g/mol. The van der Waals surface area contributed by atoms with Crippen LogP contribution >= 0.6 is 11.3 Å². The molecule has 0 radical (unpaired) electrons. The van der Waals surface area contributed by atoms with E-state index in [0.717, 1.165) is 11.3 Å². The van der Waals surface area contributed by atoms with Gasteiger partial charge in [0.05, 0.1) is 30.3 Å². The molecule has 1 amide bonds. The molecule has 1 aromatic carbocycles. The second-order valence-electron chi connectivity index (χ2n) is 9.47. The Bertz CT molecular complexity index is 1310. The van der Waals surface area contributed by atoms with Gasteiger partial charge < -0.3 is 25.0 Å². The van der Waals surface area contributed by atoms with Crippen LogP contribution in [-0.4, -0.2) is 68.0 Å². The van der Waals surface area contributed by atoms with Gasteiger partial charge in [0.15, 0.2) is 0 Å². The van der Waals surface area contributed by atoms with Crippen molar-refractivity contribution in [2.75, 3.05) is 18.5 Å². The number of aromatic nitrogens is 2.